The van der Waals surface area contributed by atoms with Gasteiger partial charge in [-0.3, -0.25) is 14.3 Å². The highest BCUT2D eigenvalue weighted by Crippen LogP contribution is 2.28. The van der Waals surface area contributed by atoms with Crippen LogP contribution in [0.5, 0.6) is 0 Å². The first-order chi connectivity index (χ1) is 14.0. The first-order valence-corrected chi connectivity index (χ1v) is 8.34. The molecule has 3 aromatic rings. The summed E-state index contributed by atoms with van der Waals surface area (Å²) >= 11 is 0. The van der Waals surface area contributed by atoms with Crippen LogP contribution in [0.2, 0.25) is 0 Å². The number of carbonyl (C=O) groups excluding carboxylic acids is 2. The lowest BCUT2D eigenvalue weighted by Gasteiger charge is -2.13. The van der Waals surface area contributed by atoms with Crippen molar-refractivity contribution in [3.8, 4) is 11.4 Å². The molecule has 0 saturated heterocycles. The van der Waals surface area contributed by atoms with Gasteiger partial charge in [0.2, 0.25) is 17.6 Å². The molecule has 0 radical (unpaired) electrons. The van der Waals surface area contributed by atoms with Crippen LogP contribution in [0.4, 0.5) is 17.6 Å². The van der Waals surface area contributed by atoms with Crippen LogP contribution in [0.1, 0.15) is 34.5 Å². The molecule has 1 atom stereocenters. The number of aromatic nitrogens is 4. The Bertz CT molecular complexity index is 1090. The first-order valence-electron chi connectivity index (χ1n) is 8.34. The van der Waals surface area contributed by atoms with Crippen LogP contribution in [0, 0.1) is 5.82 Å². The van der Waals surface area contributed by atoms with E-state index in [1.165, 1.54) is 18.2 Å². The third-order valence-electron chi connectivity index (χ3n) is 3.94. The molecule has 0 saturated carbocycles. The summed E-state index contributed by atoms with van der Waals surface area (Å²) in [5.74, 6) is -2.62. The van der Waals surface area contributed by atoms with E-state index in [1.807, 2.05) is 0 Å². The van der Waals surface area contributed by atoms with Crippen LogP contribution < -0.4 is 11.1 Å². The molecule has 0 spiro atoms. The van der Waals surface area contributed by atoms with E-state index in [0.717, 1.165) is 17.8 Å². The maximum Gasteiger partial charge on any atom is 0.435 e. The minimum absolute atomic E-state index is 0.0203. The number of nitrogens with two attached hydrogens (primary N) is 1. The quantitative estimate of drug-likeness (QED) is 0.580. The number of aryl methyl sites for hydroxylation is 1. The number of hydrogen-bond donors (Lipinski definition) is 2. The number of nitrogens with zero attached hydrogens (tertiary/aromatic N) is 4. The van der Waals surface area contributed by atoms with Crippen molar-refractivity contribution < 1.29 is 31.7 Å². The highest BCUT2D eigenvalue weighted by atomic mass is 19.4. The normalized spacial score (nSPS) is 12.6. The average molecular weight is 426 g/mol. The van der Waals surface area contributed by atoms with E-state index >= 15 is 0 Å². The van der Waals surface area contributed by atoms with E-state index in [0.29, 0.717) is 6.07 Å². The lowest BCUT2D eigenvalue weighted by Crippen LogP contribution is -2.33. The van der Waals surface area contributed by atoms with Gasteiger partial charge in [0.1, 0.15) is 17.6 Å². The first kappa shape index (κ1) is 21.0. The molecule has 0 aliphatic heterocycles. The molecule has 0 fully saturated rings. The zero-order valence-corrected chi connectivity index (χ0v) is 15.3. The van der Waals surface area contributed by atoms with Gasteiger partial charge in [-0.05, 0) is 12.1 Å². The van der Waals surface area contributed by atoms with Crippen LogP contribution >= 0.6 is 0 Å². The molecular formula is C17H14F4N6O3. The number of rotatable bonds is 6. The van der Waals surface area contributed by atoms with Crippen LogP contribution in [0.15, 0.2) is 34.9 Å². The second-order valence-corrected chi connectivity index (χ2v) is 6.20. The number of carbonyl (C=O) groups is 2. The van der Waals surface area contributed by atoms with Crippen LogP contribution in [0.3, 0.4) is 0 Å². The SMILES string of the molecule is Cn1nc(C(F)(F)F)cc1C(=O)N[C@@H](CC(N)=O)c1nc(-c2cccc(F)c2)no1. The van der Waals surface area contributed by atoms with E-state index in [1.54, 1.807) is 0 Å². The van der Waals surface area contributed by atoms with Gasteiger partial charge in [-0.15, -0.1) is 0 Å². The number of nitrogens with one attached hydrogen (secondary N) is 1. The van der Waals surface area contributed by atoms with Crippen molar-refractivity contribution in [2.24, 2.45) is 12.8 Å². The standard InChI is InChI=1S/C17H14F4N6O3/c1-27-11(7-12(25-27)17(19,20)21)15(29)23-10(6-13(22)28)16-24-14(26-30-16)8-3-2-4-9(18)5-8/h2-5,7,10H,6H2,1H3,(H2,22,28)(H,23,29)/t10-/m0/s1. The van der Waals surface area contributed by atoms with E-state index in [9.17, 15) is 27.2 Å². The van der Waals surface area contributed by atoms with Crippen LogP contribution in [0.25, 0.3) is 11.4 Å². The minimum atomic E-state index is -4.74. The number of hydrogen-bond acceptors (Lipinski definition) is 6. The Morgan fingerprint density at radius 3 is 2.63 bits per heavy atom. The van der Waals surface area contributed by atoms with Crippen molar-refractivity contribution in [3.05, 3.63) is 53.4 Å². The van der Waals surface area contributed by atoms with Crippen molar-refractivity contribution in [1.82, 2.24) is 25.2 Å². The maximum atomic E-state index is 13.4. The predicted molar refractivity (Wildman–Crippen MR) is 91.9 cm³/mol. The summed E-state index contributed by atoms with van der Waals surface area (Å²) in [5.41, 5.74) is 3.78. The Kier molecular flexibility index (Phi) is 5.54. The van der Waals surface area contributed by atoms with Gasteiger partial charge in [0.25, 0.3) is 5.91 Å². The van der Waals surface area contributed by atoms with Crippen LogP contribution in [-0.4, -0.2) is 31.7 Å². The second-order valence-electron chi connectivity index (χ2n) is 6.20. The van der Waals surface area contributed by atoms with Gasteiger partial charge in [0.15, 0.2) is 5.69 Å². The summed E-state index contributed by atoms with van der Waals surface area (Å²) < 4.78 is 57.6. The van der Waals surface area contributed by atoms with Gasteiger partial charge < -0.3 is 15.6 Å². The van der Waals surface area contributed by atoms with Crippen LogP contribution in [-0.2, 0) is 18.0 Å². The molecule has 158 valence electrons. The van der Waals surface area contributed by atoms with Crippen molar-refractivity contribution in [3.63, 3.8) is 0 Å². The minimum Gasteiger partial charge on any atom is -0.370 e. The number of amides is 2. The molecule has 2 amide bonds. The topological polar surface area (TPSA) is 129 Å². The van der Waals surface area contributed by atoms with E-state index in [4.69, 9.17) is 10.3 Å². The lowest BCUT2D eigenvalue weighted by atomic mass is 10.1. The number of halogens is 4. The van der Waals surface area contributed by atoms with E-state index in [2.05, 4.69) is 20.6 Å². The monoisotopic (exact) mass is 426 g/mol. The Labute approximate surface area is 165 Å². The molecule has 9 nitrogen and oxygen atoms in total. The van der Waals surface area contributed by atoms with Gasteiger partial charge >= 0.3 is 6.18 Å². The van der Waals surface area contributed by atoms with Gasteiger partial charge in [0.05, 0.1) is 6.42 Å². The molecule has 3 N–H and O–H groups in total. The average Bonchev–Trinajstić information content (AvgIpc) is 3.27. The molecule has 2 heterocycles. The lowest BCUT2D eigenvalue weighted by molar-refractivity contribution is -0.141. The molecule has 13 heteroatoms. The van der Waals surface area contributed by atoms with E-state index in [-0.39, 0.29) is 17.3 Å². The molecule has 0 bridgehead atoms. The predicted octanol–water partition coefficient (Wildman–Crippen LogP) is 1.97. The molecule has 0 aliphatic rings. The van der Waals surface area contributed by atoms with Gasteiger partial charge in [-0.25, -0.2) is 4.39 Å². The van der Waals surface area contributed by atoms with Crippen molar-refractivity contribution in [1.29, 1.82) is 0 Å². The third kappa shape index (κ3) is 4.61. The molecule has 0 aliphatic carbocycles. The zero-order chi connectivity index (χ0) is 22.1. The molecule has 0 unspecified atom stereocenters. The largest absolute Gasteiger partial charge is 0.435 e. The fourth-order valence-electron chi connectivity index (χ4n) is 2.57. The Morgan fingerprint density at radius 2 is 2.03 bits per heavy atom. The number of benzene rings is 1. The third-order valence-corrected chi connectivity index (χ3v) is 3.94. The molecule has 2 aromatic heterocycles. The smallest absolute Gasteiger partial charge is 0.370 e. The summed E-state index contributed by atoms with van der Waals surface area (Å²) in [4.78, 5) is 27.9. The maximum absolute atomic E-state index is 13.4. The Hall–Kier alpha value is -3.77. The summed E-state index contributed by atoms with van der Waals surface area (Å²) in [6.45, 7) is 0. The Balaban J connectivity index is 1.86. The van der Waals surface area contributed by atoms with Crippen molar-refractivity contribution in [2.75, 3.05) is 0 Å². The molecule has 30 heavy (non-hydrogen) atoms. The highest BCUT2D eigenvalue weighted by molar-refractivity contribution is 5.93. The molecule has 1 aromatic carbocycles. The summed E-state index contributed by atoms with van der Waals surface area (Å²) in [5, 5.41) is 9.24. The molecule has 3 rings (SSSR count). The second kappa shape index (κ2) is 7.93. The van der Waals surface area contributed by atoms with Gasteiger partial charge in [0, 0.05) is 18.7 Å². The fraction of sp³-hybridized carbons (Fsp3) is 0.235. The fourth-order valence-corrected chi connectivity index (χ4v) is 2.57. The summed E-state index contributed by atoms with van der Waals surface area (Å²) in [7, 11) is 1.15. The van der Waals surface area contributed by atoms with Gasteiger partial charge in [-0.1, -0.05) is 17.3 Å². The zero-order valence-electron chi connectivity index (χ0n) is 15.3. The highest BCUT2D eigenvalue weighted by Gasteiger charge is 2.36. The summed E-state index contributed by atoms with van der Waals surface area (Å²) in [6, 6.07) is 4.61. The number of alkyl halides is 3. The summed E-state index contributed by atoms with van der Waals surface area (Å²) in [6.07, 6.45) is -5.21. The van der Waals surface area contributed by atoms with Gasteiger partial charge in [-0.2, -0.15) is 23.3 Å². The van der Waals surface area contributed by atoms with Crippen molar-refractivity contribution in [2.45, 2.75) is 18.6 Å². The van der Waals surface area contributed by atoms with Crippen molar-refractivity contribution >= 4 is 11.8 Å². The van der Waals surface area contributed by atoms with E-state index < -0.39 is 47.7 Å². The molecular weight excluding hydrogens is 412 g/mol. The Morgan fingerprint density at radius 1 is 1.30 bits per heavy atom. The number of primary amides is 1.